The molecule has 0 fully saturated rings. The van der Waals surface area contributed by atoms with Crippen LogP contribution >= 0.6 is 11.3 Å². The molecule has 3 aromatic rings. The Hall–Kier alpha value is -3.00. The van der Waals surface area contributed by atoms with E-state index in [-0.39, 0.29) is 18.5 Å². The number of amides is 1. The van der Waals surface area contributed by atoms with Crippen molar-refractivity contribution in [3.05, 3.63) is 57.5 Å². The van der Waals surface area contributed by atoms with E-state index in [0.717, 1.165) is 11.1 Å². The highest BCUT2D eigenvalue weighted by atomic mass is 32.1. The molecule has 0 spiro atoms. The standard InChI is InChI=1S/C20H21N3O4S/c1-12-4-5-16(13(2)10-12)22-18(25)14(3)27-17(24)6-8-23-11-21-19-15(20(23)26)7-9-28-19/h4-5,7,9-11,14H,6,8H2,1-3H3,(H,22,25). The minimum absolute atomic E-state index is 0.0294. The first-order valence-electron chi connectivity index (χ1n) is 8.85. The summed E-state index contributed by atoms with van der Waals surface area (Å²) in [6.07, 6.45) is 0.450. The van der Waals surface area contributed by atoms with Gasteiger partial charge in [-0.1, -0.05) is 17.7 Å². The average molecular weight is 399 g/mol. The van der Waals surface area contributed by atoms with Gasteiger partial charge in [0.2, 0.25) is 0 Å². The summed E-state index contributed by atoms with van der Waals surface area (Å²) in [6, 6.07) is 7.39. The minimum atomic E-state index is -0.942. The molecule has 0 aliphatic heterocycles. The van der Waals surface area contributed by atoms with Gasteiger partial charge >= 0.3 is 5.97 Å². The van der Waals surface area contributed by atoms with Crippen molar-refractivity contribution in [3.8, 4) is 0 Å². The molecule has 0 radical (unpaired) electrons. The Labute approximate surface area is 166 Å². The van der Waals surface area contributed by atoms with Crippen molar-refractivity contribution in [2.45, 2.75) is 39.8 Å². The summed E-state index contributed by atoms with van der Waals surface area (Å²) in [5.41, 5.74) is 2.52. The lowest BCUT2D eigenvalue weighted by atomic mass is 10.1. The SMILES string of the molecule is Cc1ccc(NC(=O)C(C)OC(=O)CCn2cnc3sccc3c2=O)c(C)c1. The van der Waals surface area contributed by atoms with Gasteiger partial charge in [0.1, 0.15) is 4.83 Å². The molecule has 1 aromatic carbocycles. The number of ether oxygens (including phenoxy) is 1. The van der Waals surface area contributed by atoms with Crippen LogP contribution in [0.4, 0.5) is 5.69 Å². The Morgan fingerprint density at radius 3 is 2.82 bits per heavy atom. The minimum Gasteiger partial charge on any atom is -0.452 e. The largest absolute Gasteiger partial charge is 0.452 e. The number of carbonyl (C=O) groups is 2. The number of aryl methyl sites for hydroxylation is 3. The highest BCUT2D eigenvalue weighted by molar-refractivity contribution is 7.16. The van der Waals surface area contributed by atoms with Gasteiger partial charge in [-0.3, -0.25) is 19.0 Å². The van der Waals surface area contributed by atoms with Crippen LogP contribution < -0.4 is 10.9 Å². The molecule has 0 aliphatic carbocycles. The topological polar surface area (TPSA) is 90.3 Å². The smallest absolute Gasteiger partial charge is 0.308 e. The van der Waals surface area contributed by atoms with Crippen molar-refractivity contribution in [2.24, 2.45) is 0 Å². The van der Waals surface area contributed by atoms with Crippen molar-refractivity contribution >= 4 is 39.1 Å². The van der Waals surface area contributed by atoms with Gasteiger partial charge in [0.15, 0.2) is 6.10 Å². The van der Waals surface area contributed by atoms with Crippen molar-refractivity contribution in [1.29, 1.82) is 0 Å². The molecule has 3 rings (SSSR count). The number of hydrogen-bond acceptors (Lipinski definition) is 6. The maximum atomic E-state index is 12.3. The van der Waals surface area contributed by atoms with E-state index in [1.807, 2.05) is 32.0 Å². The molecule has 1 N–H and O–H groups in total. The maximum absolute atomic E-state index is 12.3. The van der Waals surface area contributed by atoms with Gasteiger partial charge in [-0.05, 0) is 43.8 Å². The third-order valence-corrected chi connectivity index (χ3v) is 5.15. The summed E-state index contributed by atoms with van der Waals surface area (Å²) in [6.45, 7) is 5.53. The molecule has 0 bridgehead atoms. The second-order valence-corrected chi connectivity index (χ2v) is 7.47. The number of hydrogen-bond donors (Lipinski definition) is 1. The van der Waals surface area contributed by atoms with Crippen molar-refractivity contribution in [2.75, 3.05) is 5.32 Å². The van der Waals surface area contributed by atoms with E-state index in [4.69, 9.17) is 4.74 Å². The van der Waals surface area contributed by atoms with Crippen LogP contribution in [0.5, 0.6) is 0 Å². The quantitative estimate of drug-likeness (QED) is 0.644. The molecule has 0 saturated carbocycles. The van der Waals surface area contributed by atoms with Gasteiger partial charge in [0.25, 0.3) is 11.5 Å². The predicted octanol–water partition coefficient (Wildman–Crippen LogP) is 3.04. The molecule has 146 valence electrons. The second kappa shape index (κ2) is 8.35. The Kier molecular flexibility index (Phi) is 5.89. The normalized spacial score (nSPS) is 12.0. The summed E-state index contributed by atoms with van der Waals surface area (Å²) in [5, 5.41) is 5.09. The molecule has 28 heavy (non-hydrogen) atoms. The molecule has 1 atom stereocenters. The first kappa shape index (κ1) is 19.8. The fourth-order valence-electron chi connectivity index (χ4n) is 2.76. The lowest BCUT2D eigenvalue weighted by molar-refractivity contribution is -0.153. The lowest BCUT2D eigenvalue weighted by Gasteiger charge is -2.15. The third-order valence-electron chi connectivity index (χ3n) is 4.32. The van der Waals surface area contributed by atoms with Crippen LogP contribution in [0.25, 0.3) is 10.2 Å². The molecule has 1 amide bonds. The number of benzene rings is 1. The third kappa shape index (κ3) is 4.45. The van der Waals surface area contributed by atoms with E-state index in [2.05, 4.69) is 10.3 Å². The zero-order valence-electron chi connectivity index (χ0n) is 15.9. The molecule has 2 heterocycles. The van der Waals surface area contributed by atoms with Gasteiger partial charge < -0.3 is 10.1 Å². The molecular weight excluding hydrogens is 378 g/mol. The first-order chi connectivity index (χ1) is 13.3. The highest BCUT2D eigenvalue weighted by Crippen LogP contribution is 2.17. The van der Waals surface area contributed by atoms with Crippen molar-refractivity contribution < 1.29 is 14.3 Å². The summed E-state index contributed by atoms with van der Waals surface area (Å²) < 4.78 is 6.57. The molecule has 0 saturated heterocycles. The lowest BCUT2D eigenvalue weighted by Crippen LogP contribution is -2.31. The fraction of sp³-hybridized carbons (Fsp3) is 0.300. The summed E-state index contributed by atoms with van der Waals surface area (Å²) >= 11 is 1.39. The predicted molar refractivity (Wildman–Crippen MR) is 109 cm³/mol. The fourth-order valence-corrected chi connectivity index (χ4v) is 3.49. The van der Waals surface area contributed by atoms with Gasteiger partial charge in [0, 0.05) is 12.2 Å². The molecular formula is C20H21N3O4S. The average Bonchev–Trinajstić information content (AvgIpc) is 3.13. The number of fused-ring (bicyclic) bond motifs is 1. The Morgan fingerprint density at radius 2 is 2.07 bits per heavy atom. The van der Waals surface area contributed by atoms with Gasteiger partial charge in [-0.2, -0.15) is 0 Å². The summed E-state index contributed by atoms with van der Waals surface area (Å²) in [5.74, 6) is -0.959. The van der Waals surface area contributed by atoms with Crippen molar-refractivity contribution in [3.63, 3.8) is 0 Å². The van der Waals surface area contributed by atoms with E-state index in [0.29, 0.717) is 15.9 Å². The van der Waals surface area contributed by atoms with Crippen LogP contribution in [0, 0.1) is 13.8 Å². The molecule has 8 heteroatoms. The number of esters is 1. The first-order valence-corrected chi connectivity index (χ1v) is 9.73. The number of rotatable bonds is 6. The van der Waals surface area contributed by atoms with Gasteiger partial charge in [-0.15, -0.1) is 11.3 Å². The Balaban J connectivity index is 1.55. The van der Waals surface area contributed by atoms with E-state index >= 15 is 0 Å². The molecule has 7 nitrogen and oxygen atoms in total. The number of nitrogens with one attached hydrogen (secondary N) is 1. The van der Waals surface area contributed by atoms with Crippen LogP contribution in [-0.2, 0) is 20.9 Å². The van der Waals surface area contributed by atoms with Crippen LogP contribution in [0.3, 0.4) is 0 Å². The van der Waals surface area contributed by atoms with Gasteiger partial charge in [0.05, 0.1) is 18.1 Å². The zero-order valence-corrected chi connectivity index (χ0v) is 16.7. The van der Waals surface area contributed by atoms with E-state index in [1.165, 1.54) is 29.2 Å². The van der Waals surface area contributed by atoms with Crippen LogP contribution in [0.1, 0.15) is 24.5 Å². The number of thiophene rings is 1. The molecule has 2 aromatic heterocycles. The van der Waals surface area contributed by atoms with Crippen LogP contribution in [0.15, 0.2) is 40.8 Å². The Morgan fingerprint density at radius 1 is 1.29 bits per heavy atom. The number of nitrogens with zero attached hydrogens (tertiary/aromatic N) is 2. The van der Waals surface area contributed by atoms with E-state index in [9.17, 15) is 14.4 Å². The zero-order chi connectivity index (χ0) is 20.3. The number of aromatic nitrogens is 2. The number of anilines is 1. The van der Waals surface area contributed by atoms with E-state index in [1.54, 1.807) is 11.4 Å². The van der Waals surface area contributed by atoms with Crippen molar-refractivity contribution in [1.82, 2.24) is 9.55 Å². The van der Waals surface area contributed by atoms with Gasteiger partial charge in [-0.25, -0.2) is 4.98 Å². The monoisotopic (exact) mass is 399 g/mol. The molecule has 0 aliphatic rings. The Bertz CT molecular complexity index is 1090. The summed E-state index contributed by atoms with van der Waals surface area (Å²) in [4.78, 5) is 41.5. The van der Waals surface area contributed by atoms with Crippen LogP contribution in [0.2, 0.25) is 0 Å². The number of carbonyl (C=O) groups excluding carboxylic acids is 2. The maximum Gasteiger partial charge on any atom is 0.308 e. The summed E-state index contributed by atoms with van der Waals surface area (Å²) in [7, 11) is 0. The second-order valence-electron chi connectivity index (χ2n) is 6.57. The molecule has 1 unspecified atom stereocenters. The van der Waals surface area contributed by atoms with E-state index < -0.39 is 18.0 Å². The highest BCUT2D eigenvalue weighted by Gasteiger charge is 2.19. The van der Waals surface area contributed by atoms with Crippen LogP contribution in [-0.4, -0.2) is 27.5 Å².